The van der Waals surface area contributed by atoms with Crippen molar-refractivity contribution in [3.8, 4) is 0 Å². The molecule has 2 heterocycles. The second-order valence-electron chi connectivity index (χ2n) is 6.16. The van der Waals surface area contributed by atoms with Crippen LogP contribution in [0.4, 0.5) is 0 Å². The van der Waals surface area contributed by atoms with Gasteiger partial charge in [0, 0.05) is 42.8 Å². The van der Waals surface area contributed by atoms with Crippen molar-refractivity contribution in [2.45, 2.75) is 12.8 Å². The molecule has 2 aliphatic heterocycles. The Hall–Kier alpha value is -0.910. The zero-order valence-corrected chi connectivity index (χ0v) is 14.4. The molecule has 1 aromatic carbocycles. The fourth-order valence-electron chi connectivity index (χ4n) is 3.27. The summed E-state index contributed by atoms with van der Waals surface area (Å²) in [4.78, 5) is 17.0. The first kappa shape index (κ1) is 16.0. The molecular weight excluding hydrogens is 344 g/mol. The molecular formula is C17H23BrN2O2. The molecule has 1 amide bonds. The molecule has 2 aliphatic rings. The number of likely N-dealkylation sites (tertiary alicyclic amines) is 1. The van der Waals surface area contributed by atoms with Crippen LogP contribution in [-0.2, 0) is 4.74 Å². The average Bonchev–Trinajstić information content (AvgIpc) is 2.56. The van der Waals surface area contributed by atoms with Gasteiger partial charge < -0.3 is 9.64 Å². The maximum Gasteiger partial charge on any atom is 0.253 e. The van der Waals surface area contributed by atoms with E-state index in [2.05, 4.69) is 20.8 Å². The summed E-state index contributed by atoms with van der Waals surface area (Å²) in [6, 6.07) is 7.67. The van der Waals surface area contributed by atoms with Crippen LogP contribution in [0.15, 0.2) is 28.7 Å². The Labute approximate surface area is 140 Å². The van der Waals surface area contributed by atoms with E-state index in [4.69, 9.17) is 4.74 Å². The number of hydrogen-bond donors (Lipinski definition) is 0. The van der Waals surface area contributed by atoms with E-state index >= 15 is 0 Å². The van der Waals surface area contributed by atoms with Crippen LogP contribution in [-0.4, -0.2) is 61.6 Å². The summed E-state index contributed by atoms with van der Waals surface area (Å²) in [6.07, 6.45) is 2.22. The summed E-state index contributed by atoms with van der Waals surface area (Å²) >= 11 is 3.43. The van der Waals surface area contributed by atoms with Crippen LogP contribution < -0.4 is 0 Å². The molecule has 0 aliphatic carbocycles. The van der Waals surface area contributed by atoms with E-state index in [0.29, 0.717) is 5.92 Å². The van der Waals surface area contributed by atoms with Gasteiger partial charge in [0.2, 0.25) is 0 Å². The minimum absolute atomic E-state index is 0.158. The van der Waals surface area contributed by atoms with Crippen LogP contribution in [0, 0.1) is 5.92 Å². The van der Waals surface area contributed by atoms with Gasteiger partial charge in [0.15, 0.2) is 0 Å². The number of nitrogens with zero attached hydrogens (tertiary/aromatic N) is 2. The fourth-order valence-corrected chi connectivity index (χ4v) is 3.67. The van der Waals surface area contributed by atoms with Gasteiger partial charge >= 0.3 is 0 Å². The van der Waals surface area contributed by atoms with Crippen LogP contribution in [0.25, 0.3) is 0 Å². The molecule has 0 spiro atoms. The first-order valence-electron chi connectivity index (χ1n) is 8.07. The molecule has 2 saturated heterocycles. The van der Waals surface area contributed by atoms with E-state index in [9.17, 15) is 4.79 Å². The van der Waals surface area contributed by atoms with Crippen molar-refractivity contribution in [1.82, 2.24) is 9.80 Å². The number of rotatable bonds is 3. The van der Waals surface area contributed by atoms with Gasteiger partial charge in [-0.1, -0.05) is 22.0 Å². The summed E-state index contributed by atoms with van der Waals surface area (Å²) in [6.45, 7) is 6.73. The predicted octanol–water partition coefficient (Wildman–Crippen LogP) is 2.63. The van der Waals surface area contributed by atoms with Crippen molar-refractivity contribution in [2.24, 2.45) is 5.92 Å². The minimum atomic E-state index is 0.158. The molecule has 1 aromatic rings. The maximum absolute atomic E-state index is 12.5. The number of carbonyl (C=O) groups excluding carboxylic acids is 1. The molecule has 4 nitrogen and oxygen atoms in total. The zero-order chi connectivity index (χ0) is 15.4. The lowest BCUT2D eigenvalue weighted by atomic mass is 9.95. The molecule has 0 atom stereocenters. The van der Waals surface area contributed by atoms with Gasteiger partial charge in [-0.3, -0.25) is 9.69 Å². The molecule has 22 heavy (non-hydrogen) atoms. The van der Waals surface area contributed by atoms with Gasteiger partial charge in [-0.15, -0.1) is 0 Å². The van der Waals surface area contributed by atoms with Crippen LogP contribution in [0.2, 0.25) is 0 Å². The number of amides is 1. The molecule has 0 aromatic heterocycles. The highest BCUT2D eigenvalue weighted by molar-refractivity contribution is 9.10. The molecule has 0 saturated carbocycles. The molecule has 0 radical (unpaired) electrons. The Bertz CT molecular complexity index is 509. The SMILES string of the molecule is O=C(c1cccc(Br)c1)N1CCC(CN2CCOCC2)CC1. The van der Waals surface area contributed by atoms with Gasteiger partial charge in [-0.2, -0.15) is 0 Å². The number of ether oxygens (including phenoxy) is 1. The molecule has 0 bridgehead atoms. The van der Waals surface area contributed by atoms with Crippen molar-refractivity contribution >= 4 is 21.8 Å². The lowest BCUT2D eigenvalue weighted by molar-refractivity contribution is 0.0243. The number of benzene rings is 1. The van der Waals surface area contributed by atoms with Crippen LogP contribution in [0.5, 0.6) is 0 Å². The van der Waals surface area contributed by atoms with E-state index in [0.717, 1.165) is 68.8 Å². The van der Waals surface area contributed by atoms with Crippen molar-refractivity contribution in [3.05, 3.63) is 34.3 Å². The lowest BCUT2D eigenvalue weighted by Crippen LogP contribution is -2.44. The minimum Gasteiger partial charge on any atom is -0.379 e. The van der Waals surface area contributed by atoms with Gasteiger partial charge in [0.05, 0.1) is 13.2 Å². The Morgan fingerprint density at radius 3 is 2.59 bits per heavy atom. The van der Waals surface area contributed by atoms with Gasteiger partial charge in [0.1, 0.15) is 0 Å². The second-order valence-corrected chi connectivity index (χ2v) is 7.07. The van der Waals surface area contributed by atoms with Crippen LogP contribution >= 0.6 is 15.9 Å². The van der Waals surface area contributed by atoms with Gasteiger partial charge in [-0.25, -0.2) is 0 Å². The summed E-state index contributed by atoms with van der Waals surface area (Å²) in [5, 5.41) is 0. The Morgan fingerprint density at radius 1 is 1.18 bits per heavy atom. The maximum atomic E-state index is 12.5. The number of morpholine rings is 1. The third kappa shape index (κ3) is 4.09. The smallest absolute Gasteiger partial charge is 0.253 e. The predicted molar refractivity (Wildman–Crippen MR) is 90.0 cm³/mol. The fraction of sp³-hybridized carbons (Fsp3) is 0.588. The number of halogens is 1. The van der Waals surface area contributed by atoms with Crippen LogP contribution in [0.1, 0.15) is 23.2 Å². The third-order valence-corrected chi connectivity index (χ3v) is 5.09. The molecule has 3 rings (SSSR count). The number of carbonyl (C=O) groups is 1. The third-order valence-electron chi connectivity index (χ3n) is 4.59. The summed E-state index contributed by atoms with van der Waals surface area (Å²) in [5.41, 5.74) is 0.779. The average molecular weight is 367 g/mol. The standard InChI is InChI=1S/C17H23BrN2O2/c18-16-3-1-2-15(12-16)17(21)20-6-4-14(5-7-20)13-19-8-10-22-11-9-19/h1-3,12,14H,4-11,13H2. The van der Waals surface area contributed by atoms with Crippen molar-refractivity contribution < 1.29 is 9.53 Å². The highest BCUT2D eigenvalue weighted by atomic mass is 79.9. The molecule has 120 valence electrons. The second kappa shape index (κ2) is 7.57. The number of piperidine rings is 1. The first-order chi connectivity index (χ1) is 10.7. The quantitative estimate of drug-likeness (QED) is 0.824. The van der Waals surface area contributed by atoms with E-state index < -0.39 is 0 Å². The Morgan fingerprint density at radius 2 is 1.91 bits per heavy atom. The molecule has 5 heteroatoms. The normalized spacial score (nSPS) is 21.0. The summed E-state index contributed by atoms with van der Waals surface area (Å²) in [5.74, 6) is 0.871. The summed E-state index contributed by atoms with van der Waals surface area (Å²) in [7, 11) is 0. The van der Waals surface area contributed by atoms with Crippen molar-refractivity contribution in [1.29, 1.82) is 0 Å². The lowest BCUT2D eigenvalue weighted by Gasteiger charge is -2.36. The highest BCUT2D eigenvalue weighted by Crippen LogP contribution is 2.21. The van der Waals surface area contributed by atoms with E-state index in [1.54, 1.807) is 0 Å². The summed E-state index contributed by atoms with van der Waals surface area (Å²) < 4.78 is 6.36. The van der Waals surface area contributed by atoms with E-state index in [-0.39, 0.29) is 5.91 Å². The van der Waals surface area contributed by atoms with Crippen molar-refractivity contribution in [3.63, 3.8) is 0 Å². The topological polar surface area (TPSA) is 32.8 Å². The van der Waals surface area contributed by atoms with E-state index in [1.807, 2.05) is 29.2 Å². The highest BCUT2D eigenvalue weighted by Gasteiger charge is 2.25. The monoisotopic (exact) mass is 366 g/mol. The number of hydrogen-bond acceptors (Lipinski definition) is 3. The zero-order valence-electron chi connectivity index (χ0n) is 12.8. The van der Waals surface area contributed by atoms with Gasteiger partial charge in [-0.05, 0) is 37.0 Å². The molecule has 0 unspecified atom stereocenters. The van der Waals surface area contributed by atoms with Crippen LogP contribution in [0.3, 0.4) is 0 Å². The molecule has 0 N–H and O–H groups in total. The largest absolute Gasteiger partial charge is 0.379 e. The van der Waals surface area contributed by atoms with E-state index in [1.165, 1.54) is 0 Å². The molecule has 2 fully saturated rings. The Kier molecular flexibility index (Phi) is 5.50. The van der Waals surface area contributed by atoms with Crippen molar-refractivity contribution in [2.75, 3.05) is 45.9 Å². The van der Waals surface area contributed by atoms with Gasteiger partial charge in [0.25, 0.3) is 5.91 Å². The Balaban J connectivity index is 1.49. The first-order valence-corrected chi connectivity index (χ1v) is 8.86.